The highest BCUT2D eigenvalue weighted by atomic mass is 16.5. The van der Waals surface area contributed by atoms with Crippen LogP contribution in [0.4, 0.5) is 11.5 Å². The monoisotopic (exact) mass is 383 g/mol. The molecule has 0 saturated carbocycles. The summed E-state index contributed by atoms with van der Waals surface area (Å²) in [5.41, 5.74) is 7.54. The lowest BCUT2D eigenvalue weighted by atomic mass is 9.89. The van der Waals surface area contributed by atoms with Crippen LogP contribution in [0.3, 0.4) is 0 Å². The average Bonchev–Trinajstić information content (AvgIpc) is 3.20. The molecule has 1 aliphatic rings. The number of ether oxygens (including phenoxy) is 1. The summed E-state index contributed by atoms with van der Waals surface area (Å²) in [5, 5.41) is 3.49. The molecule has 2 aromatic heterocycles. The summed E-state index contributed by atoms with van der Waals surface area (Å²) in [6.45, 7) is 1.98. The summed E-state index contributed by atoms with van der Waals surface area (Å²) in [5.74, 6) is 1.69. The third kappa shape index (κ3) is 3.23. The predicted octanol–water partition coefficient (Wildman–Crippen LogP) is 4.49. The molecule has 1 N–H and O–H groups in total. The zero-order valence-corrected chi connectivity index (χ0v) is 16.4. The normalized spacial score (nSPS) is 12.2. The molecular weight excluding hydrogens is 362 g/mol. The van der Waals surface area contributed by atoms with Crippen LogP contribution in [0, 0.1) is 6.92 Å². The van der Waals surface area contributed by atoms with Crippen molar-refractivity contribution in [1.82, 2.24) is 19.5 Å². The Balaban J connectivity index is 1.51. The van der Waals surface area contributed by atoms with Crippen LogP contribution in [0.25, 0.3) is 16.9 Å². The number of nitrogens with zero attached hydrogens (tertiary/aromatic N) is 4. The number of benzene rings is 2. The highest BCUT2D eigenvalue weighted by Crippen LogP contribution is 2.37. The molecule has 4 aromatic rings. The molecule has 29 heavy (non-hydrogen) atoms. The van der Waals surface area contributed by atoms with E-state index >= 15 is 0 Å². The molecule has 2 heterocycles. The van der Waals surface area contributed by atoms with Crippen LogP contribution in [-0.4, -0.2) is 26.6 Å². The lowest BCUT2D eigenvalue weighted by Crippen LogP contribution is -2.10. The third-order valence-corrected chi connectivity index (χ3v) is 5.28. The summed E-state index contributed by atoms with van der Waals surface area (Å²) in [4.78, 5) is 13.4. The summed E-state index contributed by atoms with van der Waals surface area (Å²) >= 11 is 0. The number of rotatable bonds is 4. The number of hydrogen-bond acceptors (Lipinski definition) is 5. The molecule has 0 fully saturated rings. The van der Waals surface area contributed by atoms with Crippen molar-refractivity contribution in [2.75, 3.05) is 12.4 Å². The molecule has 0 saturated heterocycles. The van der Waals surface area contributed by atoms with E-state index in [0.717, 1.165) is 58.3 Å². The van der Waals surface area contributed by atoms with Gasteiger partial charge in [-0.25, -0.2) is 15.0 Å². The first-order chi connectivity index (χ1) is 14.2. The minimum Gasteiger partial charge on any atom is -0.497 e. The van der Waals surface area contributed by atoms with Crippen LogP contribution in [0.1, 0.15) is 16.8 Å². The molecule has 0 spiro atoms. The Hall–Kier alpha value is -3.67. The number of aryl methyl sites for hydroxylation is 2. The maximum atomic E-state index is 5.41. The third-order valence-electron chi connectivity index (χ3n) is 5.28. The van der Waals surface area contributed by atoms with Gasteiger partial charge in [0.15, 0.2) is 0 Å². The molecule has 1 aliphatic carbocycles. The summed E-state index contributed by atoms with van der Waals surface area (Å²) in [7, 11) is 1.69. The Kier molecular flexibility index (Phi) is 4.24. The summed E-state index contributed by atoms with van der Waals surface area (Å²) in [6, 6.07) is 14.4. The number of aromatic nitrogens is 4. The van der Waals surface area contributed by atoms with Crippen molar-refractivity contribution in [3.05, 3.63) is 78.1 Å². The molecule has 5 rings (SSSR count). The Labute approximate surface area is 169 Å². The maximum Gasteiger partial charge on any atom is 0.137 e. The molecule has 6 nitrogen and oxygen atoms in total. The zero-order valence-electron chi connectivity index (χ0n) is 16.4. The fourth-order valence-electron chi connectivity index (χ4n) is 3.81. The van der Waals surface area contributed by atoms with Gasteiger partial charge in [0.25, 0.3) is 0 Å². The van der Waals surface area contributed by atoms with E-state index in [9.17, 15) is 0 Å². The smallest absolute Gasteiger partial charge is 0.137 e. The van der Waals surface area contributed by atoms with Crippen LogP contribution in [0.2, 0.25) is 0 Å². The van der Waals surface area contributed by atoms with Gasteiger partial charge in [-0.2, -0.15) is 0 Å². The number of imidazole rings is 1. The van der Waals surface area contributed by atoms with Crippen molar-refractivity contribution in [3.8, 4) is 22.7 Å². The lowest BCUT2D eigenvalue weighted by molar-refractivity contribution is 0.415. The second-order valence-corrected chi connectivity index (χ2v) is 7.17. The van der Waals surface area contributed by atoms with Gasteiger partial charge in [0.1, 0.15) is 17.9 Å². The number of fused-ring (bicyclic) bond motifs is 3. The van der Waals surface area contributed by atoms with Crippen molar-refractivity contribution in [1.29, 1.82) is 0 Å². The number of nitrogens with one attached hydrogen (secondary N) is 1. The van der Waals surface area contributed by atoms with Crippen molar-refractivity contribution in [2.45, 2.75) is 19.8 Å². The molecular formula is C23H21N5O. The summed E-state index contributed by atoms with van der Waals surface area (Å²) < 4.78 is 7.42. The molecule has 0 bridgehead atoms. The average molecular weight is 383 g/mol. The van der Waals surface area contributed by atoms with Crippen LogP contribution < -0.4 is 10.1 Å². The lowest BCUT2D eigenvalue weighted by Gasteiger charge is -2.21. The van der Waals surface area contributed by atoms with Crippen molar-refractivity contribution in [2.24, 2.45) is 0 Å². The van der Waals surface area contributed by atoms with Gasteiger partial charge in [-0.05, 0) is 55.7 Å². The van der Waals surface area contributed by atoms with E-state index in [-0.39, 0.29) is 0 Å². The first-order valence-corrected chi connectivity index (χ1v) is 9.60. The number of anilines is 2. The molecule has 0 atom stereocenters. The maximum absolute atomic E-state index is 5.41. The fraction of sp³-hybridized carbons (Fsp3) is 0.174. The Morgan fingerprint density at radius 2 is 1.97 bits per heavy atom. The number of hydrogen-bond donors (Lipinski definition) is 1. The first-order valence-electron chi connectivity index (χ1n) is 9.60. The van der Waals surface area contributed by atoms with Crippen LogP contribution in [0.5, 0.6) is 5.75 Å². The Morgan fingerprint density at radius 3 is 2.79 bits per heavy atom. The van der Waals surface area contributed by atoms with E-state index in [1.54, 1.807) is 13.4 Å². The van der Waals surface area contributed by atoms with Gasteiger partial charge in [0.2, 0.25) is 0 Å². The van der Waals surface area contributed by atoms with Crippen molar-refractivity contribution >= 4 is 11.5 Å². The topological polar surface area (TPSA) is 64.9 Å². The van der Waals surface area contributed by atoms with Gasteiger partial charge in [-0.15, -0.1) is 0 Å². The standard InChI is InChI=1S/C23H21N5O/c1-15-12-28(14-26-15)18-5-3-4-17(10-18)27-23-20-9-7-16-6-8-19(29-2)11-21(16)22(20)24-13-25-23/h3-6,8,10-14H,7,9H2,1-2H3,(H,24,25,27). The molecule has 0 aliphatic heterocycles. The Bertz CT molecular complexity index is 1200. The van der Waals surface area contributed by atoms with Gasteiger partial charge in [-0.3, -0.25) is 0 Å². The zero-order chi connectivity index (χ0) is 19.8. The molecule has 144 valence electrons. The molecule has 0 unspecified atom stereocenters. The van der Waals surface area contributed by atoms with Crippen LogP contribution in [0.15, 0.2) is 61.3 Å². The Morgan fingerprint density at radius 1 is 1.03 bits per heavy atom. The first kappa shape index (κ1) is 17.4. The van der Waals surface area contributed by atoms with E-state index in [1.165, 1.54) is 5.56 Å². The largest absolute Gasteiger partial charge is 0.497 e. The molecule has 2 aromatic carbocycles. The quantitative estimate of drug-likeness (QED) is 0.563. The fourth-order valence-corrected chi connectivity index (χ4v) is 3.81. The predicted molar refractivity (Wildman–Crippen MR) is 113 cm³/mol. The molecule has 6 heteroatoms. The van der Waals surface area contributed by atoms with Crippen molar-refractivity contribution in [3.63, 3.8) is 0 Å². The van der Waals surface area contributed by atoms with E-state index in [0.29, 0.717) is 0 Å². The van der Waals surface area contributed by atoms with Gasteiger partial charge < -0.3 is 14.6 Å². The highest BCUT2D eigenvalue weighted by molar-refractivity contribution is 5.76. The second kappa shape index (κ2) is 7.05. The number of methoxy groups -OCH3 is 1. The van der Waals surface area contributed by atoms with Crippen LogP contribution >= 0.6 is 0 Å². The van der Waals surface area contributed by atoms with E-state index in [1.807, 2.05) is 42.2 Å². The van der Waals surface area contributed by atoms with Gasteiger partial charge in [-0.1, -0.05) is 12.1 Å². The highest BCUT2D eigenvalue weighted by Gasteiger charge is 2.21. The van der Waals surface area contributed by atoms with Crippen molar-refractivity contribution < 1.29 is 4.74 Å². The van der Waals surface area contributed by atoms with Gasteiger partial charge in [0.05, 0.1) is 24.8 Å². The van der Waals surface area contributed by atoms with E-state index in [4.69, 9.17) is 4.74 Å². The second-order valence-electron chi connectivity index (χ2n) is 7.17. The van der Waals surface area contributed by atoms with E-state index in [2.05, 4.69) is 44.5 Å². The van der Waals surface area contributed by atoms with Crippen LogP contribution in [-0.2, 0) is 12.8 Å². The minimum atomic E-state index is 0.841. The van der Waals surface area contributed by atoms with Gasteiger partial charge in [0, 0.05) is 28.7 Å². The summed E-state index contributed by atoms with van der Waals surface area (Å²) in [6.07, 6.45) is 7.32. The SMILES string of the molecule is COc1ccc2c(c1)-c1ncnc(Nc3cccc(-n4cnc(C)c4)c3)c1CC2. The van der Waals surface area contributed by atoms with Gasteiger partial charge >= 0.3 is 0 Å². The molecule has 0 radical (unpaired) electrons. The molecule has 0 amide bonds. The minimum absolute atomic E-state index is 0.841. The van der Waals surface area contributed by atoms with E-state index < -0.39 is 0 Å².